The Bertz CT molecular complexity index is 995. The summed E-state index contributed by atoms with van der Waals surface area (Å²) in [7, 11) is -3.77. The summed E-state index contributed by atoms with van der Waals surface area (Å²) in [5.74, 6) is -0.301. The SMILES string of the molecule is CS(=O)(=O)N(CC(=O)N1CCN(c2ccccc2)CC1)c1cc(Cl)c(Cl)cc1Cl. The van der Waals surface area contributed by atoms with Gasteiger partial charge in [-0.25, -0.2) is 8.42 Å². The lowest BCUT2D eigenvalue weighted by Gasteiger charge is -2.37. The molecule has 10 heteroatoms. The van der Waals surface area contributed by atoms with Crippen molar-refractivity contribution in [1.29, 1.82) is 0 Å². The summed E-state index contributed by atoms with van der Waals surface area (Å²) in [6.07, 6.45) is 1.02. The van der Waals surface area contributed by atoms with Crippen molar-refractivity contribution in [3.8, 4) is 0 Å². The molecule has 29 heavy (non-hydrogen) atoms. The van der Waals surface area contributed by atoms with Crippen molar-refractivity contribution < 1.29 is 13.2 Å². The van der Waals surface area contributed by atoms with Crippen LogP contribution in [0, 0.1) is 0 Å². The Labute approximate surface area is 185 Å². The maximum Gasteiger partial charge on any atom is 0.243 e. The molecule has 2 aromatic carbocycles. The molecule has 6 nitrogen and oxygen atoms in total. The molecule has 0 N–H and O–H groups in total. The second kappa shape index (κ2) is 9.00. The van der Waals surface area contributed by atoms with Gasteiger partial charge in [-0.05, 0) is 24.3 Å². The Hall–Kier alpha value is -1.67. The summed E-state index contributed by atoms with van der Waals surface area (Å²) in [6.45, 7) is 1.98. The number of halogens is 3. The Kier molecular flexibility index (Phi) is 6.83. The number of rotatable bonds is 5. The van der Waals surface area contributed by atoms with Crippen LogP contribution in [-0.4, -0.2) is 58.2 Å². The highest BCUT2D eigenvalue weighted by Gasteiger charge is 2.28. The van der Waals surface area contributed by atoms with Crippen LogP contribution in [0.2, 0.25) is 15.1 Å². The first-order valence-corrected chi connectivity index (χ1v) is 11.8. The molecule has 0 spiro atoms. The molecule has 0 bridgehead atoms. The molecule has 1 aliphatic heterocycles. The number of benzene rings is 2. The van der Waals surface area contributed by atoms with Crippen LogP contribution in [0.1, 0.15) is 0 Å². The number of amides is 1. The van der Waals surface area contributed by atoms with Crippen molar-refractivity contribution in [1.82, 2.24) is 4.90 Å². The van der Waals surface area contributed by atoms with E-state index in [1.54, 1.807) is 4.90 Å². The lowest BCUT2D eigenvalue weighted by molar-refractivity contribution is -0.129. The van der Waals surface area contributed by atoms with Gasteiger partial charge in [-0.15, -0.1) is 0 Å². The van der Waals surface area contributed by atoms with Gasteiger partial charge in [-0.2, -0.15) is 0 Å². The molecule has 1 saturated heterocycles. The van der Waals surface area contributed by atoms with E-state index in [1.807, 2.05) is 30.3 Å². The van der Waals surface area contributed by atoms with Gasteiger partial charge in [0.15, 0.2) is 0 Å². The fourth-order valence-electron chi connectivity index (χ4n) is 3.16. The topological polar surface area (TPSA) is 60.9 Å². The van der Waals surface area contributed by atoms with Crippen LogP contribution in [-0.2, 0) is 14.8 Å². The highest BCUT2D eigenvalue weighted by molar-refractivity contribution is 7.92. The Morgan fingerprint density at radius 1 is 0.966 bits per heavy atom. The smallest absolute Gasteiger partial charge is 0.243 e. The van der Waals surface area contributed by atoms with E-state index < -0.39 is 10.0 Å². The first kappa shape index (κ1) is 22.0. The predicted molar refractivity (Wildman–Crippen MR) is 119 cm³/mol. The maximum absolute atomic E-state index is 12.8. The van der Waals surface area contributed by atoms with Crippen molar-refractivity contribution in [2.24, 2.45) is 0 Å². The van der Waals surface area contributed by atoms with Crippen molar-refractivity contribution in [3.63, 3.8) is 0 Å². The lowest BCUT2D eigenvalue weighted by Crippen LogP contribution is -2.52. The molecule has 3 rings (SSSR count). The zero-order chi connectivity index (χ0) is 21.2. The molecular formula is C19H20Cl3N3O3S. The van der Waals surface area contributed by atoms with Crippen LogP contribution in [0.5, 0.6) is 0 Å². The second-order valence-corrected chi connectivity index (χ2v) is 9.82. The molecule has 0 aliphatic carbocycles. The minimum absolute atomic E-state index is 0.103. The molecule has 0 aromatic heterocycles. The number of carbonyl (C=O) groups is 1. The van der Waals surface area contributed by atoms with E-state index in [4.69, 9.17) is 34.8 Å². The minimum Gasteiger partial charge on any atom is -0.368 e. The first-order valence-electron chi connectivity index (χ1n) is 8.87. The van der Waals surface area contributed by atoms with Crippen molar-refractivity contribution in [2.75, 3.05) is 48.2 Å². The average Bonchev–Trinajstić information content (AvgIpc) is 2.69. The summed E-state index contributed by atoms with van der Waals surface area (Å²) < 4.78 is 25.7. The van der Waals surface area contributed by atoms with Gasteiger partial charge >= 0.3 is 0 Å². The van der Waals surface area contributed by atoms with Crippen molar-refractivity contribution in [2.45, 2.75) is 0 Å². The van der Waals surface area contributed by atoms with Gasteiger partial charge in [0, 0.05) is 31.9 Å². The van der Waals surface area contributed by atoms with E-state index >= 15 is 0 Å². The van der Waals surface area contributed by atoms with Gasteiger partial charge in [0.25, 0.3) is 0 Å². The van der Waals surface area contributed by atoms with E-state index in [0.29, 0.717) is 26.2 Å². The molecule has 156 valence electrons. The van der Waals surface area contributed by atoms with Gasteiger partial charge in [-0.3, -0.25) is 9.10 Å². The number of anilines is 2. The van der Waals surface area contributed by atoms with E-state index in [0.717, 1.165) is 16.2 Å². The summed E-state index contributed by atoms with van der Waals surface area (Å²) in [5, 5.41) is 0.465. The first-order chi connectivity index (χ1) is 13.7. The zero-order valence-electron chi connectivity index (χ0n) is 15.7. The third kappa shape index (κ3) is 5.28. The average molecular weight is 477 g/mol. The monoisotopic (exact) mass is 475 g/mol. The number of carbonyl (C=O) groups excluding carboxylic acids is 1. The van der Waals surface area contributed by atoms with Crippen LogP contribution >= 0.6 is 34.8 Å². The third-order valence-electron chi connectivity index (χ3n) is 4.69. The van der Waals surface area contributed by atoms with Crippen LogP contribution in [0.15, 0.2) is 42.5 Å². The number of hydrogen-bond donors (Lipinski definition) is 0. The van der Waals surface area contributed by atoms with Gasteiger partial charge in [0.1, 0.15) is 6.54 Å². The third-order valence-corrected chi connectivity index (χ3v) is 6.84. The molecule has 0 saturated carbocycles. The predicted octanol–water partition coefficient (Wildman–Crippen LogP) is 3.76. The van der Waals surface area contributed by atoms with Crippen molar-refractivity contribution >= 4 is 62.1 Å². The summed E-state index contributed by atoms with van der Waals surface area (Å²) in [5.41, 5.74) is 1.22. The molecule has 0 atom stereocenters. The van der Waals surface area contributed by atoms with Gasteiger partial charge in [0.05, 0.1) is 27.0 Å². The van der Waals surface area contributed by atoms with Gasteiger partial charge in [0.2, 0.25) is 15.9 Å². The fraction of sp³-hybridized carbons (Fsp3) is 0.316. The molecular weight excluding hydrogens is 457 g/mol. The van der Waals surface area contributed by atoms with Crippen LogP contribution in [0.3, 0.4) is 0 Å². The largest absolute Gasteiger partial charge is 0.368 e. The number of piperazine rings is 1. The Balaban J connectivity index is 1.73. The maximum atomic E-state index is 12.8. The van der Waals surface area contributed by atoms with Crippen LogP contribution < -0.4 is 9.21 Å². The summed E-state index contributed by atoms with van der Waals surface area (Å²) in [6, 6.07) is 12.7. The number of sulfonamides is 1. The molecule has 0 radical (unpaired) electrons. The highest BCUT2D eigenvalue weighted by Crippen LogP contribution is 2.35. The summed E-state index contributed by atoms with van der Waals surface area (Å²) >= 11 is 18.1. The second-order valence-electron chi connectivity index (χ2n) is 6.69. The van der Waals surface area contributed by atoms with E-state index in [-0.39, 0.29) is 33.2 Å². The Morgan fingerprint density at radius 3 is 2.14 bits per heavy atom. The molecule has 2 aromatic rings. The van der Waals surface area contributed by atoms with E-state index in [1.165, 1.54) is 12.1 Å². The molecule has 1 fully saturated rings. The molecule has 0 unspecified atom stereocenters. The van der Waals surface area contributed by atoms with Gasteiger partial charge in [-0.1, -0.05) is 53.0 Å². The van der Waals surface area contributed by atoms with E-state index in [9.17, 15) is 13.2 Å². The molecule has 1 heterocycles. The van der Waals surface area contributed by atoms with Crippen LogP contribution in [0.4, 0.5) is 11.4 Å². The summed E-state index contributed by atoms with van der Waals surface area (Å²) in [4.78, 5) is 16.7. The van der Waals surface area contributed by atoms with Crippen LogP contribution in [0.25, 0.3) is 0 Å². The highest BCUT2D eigenvalue weighted by atomic mass is 35.5. The normalized spacial score (nSPS) is 14.8. The van der Waals surface area contributed by atoms with Gasteiger partial charge < -0.3 is 9.80 Å². The Morgan fingerprint density at radius 2 is 1.55 bits per heavy atom. The number of hydrogen-bond acceptors (Lipinski definition) is 4. The number of nitrogens with zero attached hydrogens (tertiary/aromatic N) is 3. The van der Waals surface area contributed by atoms with Crippen molar-refractivity contribution in [3.05, 3.63) is 57.5 Å². The zero-order valence-corrected chi connectivity index (χ0v) is 18.8. The molecule has 1 aliphatic rings. The molecule has 1 amide bonds. The fourth-order valence-corrected chi connectivity index (χ4v) is 4.71. The number of para-hydroxylation sites is 1. The minimum atomic E-state index is -3.77. The van der Waals surface area contributed by atoms with E-state index in [2.05, 4.69) is 4.90 Å². The standard InChI is InChI=1S/C19H20Cl3N3O3S/c1-29(27,28)25(18-12-16(21)15(20)11-17(18)22)13-19(26)24-9-7-23(8-10-24)14-5-3-2-4-6-14/h2-6,11-12H,7-10,13H2,1H3. The quantitative estimate of drug-likeness (QED) is 0.617. The lowest BCUT2D eigenvalue weighted by atomic mass is 10.2.